The van der Waals surface area contributed by atoms with Crippen LogP contribution in [-0.2, 0) is 0 Å². The van der Waals surface area contributed by atoms with E-state index in [2.05, 4.69) is 20.6 Å². The summed E-state index contributed by atoms with van der Waals surface area (Å²) in [5.74, 6) is 0.253. The molecule has 0 radical (unpaired) electrons. The molecule has 4 rings (SSSR count). The Morgan fingerprint density at radius 2 is 1.88 bits per heavy atom. The number of fused-ring (bicyclic) bond motifs is 1. The molecule has 2 aromatic carbocycles. The van der Waals surface area contributed by atoms with E-state index in [9.17, 15) is 4.79 Å². The smallest absolute Gasteiger partial charge is 0.237 e. The molecule has 0 saturated heterocycles. The summed E-state index contributed by atoms with van der Waals surface area (Å²) in [6.45, 7) is 0. The molecule has 0 saturated carbocycles. The summed E-state index contributed by atoms with van der Waals surface area (Å²) in [5.41, 5.74) is 1.57. The second kappa shape index (κ2) is 7.45. The Morgan fingerprint density at radius 3 is 2.65 bits per heavy atom. The highest BCUT2D eigenvalue weighted by Crippen LogP contribution is 2.26. The van der Waals surface area contributed by atoms with E-state index in [0.29, 0.717) is 25.8 Å². The average Bonchev–Trinajstić information content (AvgIpc) is 3.21. The Balaban J connectivity index is 1.47. The lowest BCUT2D eigenvalue weighted by Crippen LogP contribution is -2.03. The highest BCUT2D eigenvalue weighted by molar-refractivity contribution is 7.99. The summed E-state index contributed by atoms with van der Waals surface area (Å²) >= 11 is 8.56. The van der Waals surface area contributed by atoms with Crippen molar-refractivity contribution in [2.24, 2.45) is 0 Å². The van der Waals surface area contributed by atoms with Crippen molar-refractivity contribution in [2.75, 3.05) is 11.1 Å². The molecule has 0 aliphatic rings. The minimum absolute atomic E-state index is 0.00119. The van der Waals surface area contributed by atoms with Crippen molar-refractivity contribution >= 4 is 56.3 Å². The van der Waals surface area contributed by atoms with E-state index in [1.54, 1.807) is 28.8 Å². The van der Waals surface area contributed by atoms with Crippen LogP contribution >= 0.6 is 34.7 Å². The Hall–Kier alpha value is -2.42. The number of hydrogen-bond acceptors (Lipinski definition) is 7. The number of para-hydroxylation sites is 1. The number of ketones is 1. The number of rotatable bonds is 6. The van der Waals surface area contributed by atoms with Crippen LogP contribution in [0.2, 0.25) is 5.02 Å². The molecule has 0 amide bonds. The summed E-state index contributed by atoms with van der Waals surface area (Å²) in [4.78, 5) is 13.0. The summed E-state index contributed by atoms with van der Waals surface area (Å²) in [6.07, 6.45) is 0. The SMILES string of the molecule is O=C(CSc1nnc2sc(Nc3ccccc3)nn12)c1ccc(Cl)cc1. The number of carbonyl (C=O) groups is 1. The third kappa shape index (κ3) is 3.72. The van der Waals surface area contributed by atoms with Gasteiger partial charge in [0.2, 0.25) is 15.2 Å². The fourth-order valence-electron chi connectivity index (χ4n) is 2.23. The van der Waals surface area contributed by atoms with Gasteiger partial charge in [-0.2, -0.15) is 4.52 Å². The number of thioether (sulfide) groups is 1. The van der Waals surface area contributed by atoms with Gasteiger partial charge in [-0.3, -0.25) is 4.79 Å². The number of carbonyl (C=O) groups excluding carboxylic acids is 1. The lowest BCUT2D eigenvalue weighted by molar-refractivity contribution is 0.102. The first kappa shape index (κ1) is 17.0. The quantitative estimate of drug-likeness (QED) is 0.377. The van der Waals surface area contributed by atoms with Crippen molar-refractivity contribution in [3.05, 3.63) is 65.2 Å². The fourth-order valence-corrected chi connectivity index (χ4v) is 3.95. The standard InChI is InChI=1S/C17H12ClN5OS2/c18-12-8-6-11(7-9-12)14(24)10-25-16-20-21-17-23(16)22-15(26-17)19-13-4-2-1-3-5-13/h1-9H,10H2,(H,19,22). The van der Waals surface area contributed by atoms with Crippen LogP contribution < -0.4 is 5.32 Å². The van der Waals surface area contributed by atoms with Crippen molar-refractivity contribution in [3.63, 3.8) is 0 Å². The Morgan fingerprint density at radius 1 is 1.12 bits per heavy atom. The van der Waals surface area contributed by atoms with Crippen molar-refractivity contribution in [2.45, 2.75) is 5.16 Å². The van der Waals surface area contributed by atoms with Gasteiger partial charge < -0.3 is 5.32 Å². The fraction of sp³-hybridized carbons (Fsp3) is 0.0588. The zero-order valence-electron chi connectivity index (χ0n) is 13.3. The minimum Gasteiger partial charge on any atom is -0.330 e. The molecule has 0 unspecified atom stereocenters. The number of aromatic nitrogens is 4. The normalized spacial score (nSPS) is 11.0. The Kier molecular flexibility index (Phi) is 4.87. The van der Waals surface area contributed by atoms with Gasteiger partial charge in [0.25, 0.3) is 0 Å². The number of anilines is 2. The van der Waals surface area contributed by atoms with Gasteiger partial charge in [-0.05, 0) is 36.4 Å². The van der Waals surface area contributed by atoms with Crippen LogP contribution in [0.5, 0.6) is 0 Å². The third-order valence-corrected chi connectivity index (χ3v) is 5.47. The number of benzene rings is 2. The molecule has 0 aliphatic carbocycles. The summed E-state index contributed by atoms with van der Waals surface area (Å²) in [6, 6.07) is 16.6. The number of hydrogen-bond donors (Lipinski definition) is 1. The van der Waals surface area contributed by atoms with E-state index in [4.69, 9.17) is 11.6 Å². The molecule has 1 N–H and O–H groups in total. The van der Waals surface area contributed by atoms with Gasteiger partial charge in [0.1, 0.15) is 0 Å². The van der Waals surface area contributed by atoms with Crippen LogP contribution in [0.3, 0.4) is 0 Å². The van der Waals surface area contributed by atoms with E-state index >= 15 is 0 Å². The van der Waals surface area contributed by atoms with Gasteiger partial charge in [0, 0.05) is 16.3 Å². The average molecular weight is 402 g/mol. The molecule has 0 bridgehead atoms. The molecule has 0 spiro atoms. The number of nitrogens with zero attached hydrogens (tertiary/aromatic N) is 4. The van der Waals surface area contributed by atoms with Gasteiger partial charge in [0.05, 0.1) is 5.75 Å². The van der Waals surface area contributed by atoms with Gasteiger partial charge in [-0.15, -0.1) is 15.3 Å². The molecular formula is C17H12ClN5OS2. The molecule has 6 nitrogen and oxygen atoms in total. The van der Waals surface area contributed by atoms with E-state index in [-0.39, 0.29) is 11.5 Å². The number of nitrogens with one attached hydrogen (secondary N) is 1. The van der Waals surface area contributed by atoms with E-state index in [1.807, 2.05) is 30.3 Å². The molecule has 130 valence electrons. The van der Waals surface area contributed by atoms with Gasteiger partial charge >= 0.3 is 0 Å². The van der Waals surface area contributed by atoms with E-state index in [1.165, 1.54) is 23.1 Å². The summed E-state index contributed by atoms with van der Waals surface area (Å²) < 4.78 is 1.65. The Bertz CT molecular complexity index is 1050. The largest absolute Gasteiger partial charge is 0.330 e. The molecule has 26 heavy (non-hydrogen) atoms. The predicted octanol–water partition coefficient (Wildman–Crippen LogP) is 4.56. The molecular weight excluding hydrogens is 390 g/mol. The molecule has 0 aliphatic heterocycles. The second-order valence-corrected chi connectivity index (χ2v) is 7.63. The summed E-state index contributed by atoms with van der Waals surface area (Å²) in [5, 5.41) is 17.8. The molecule has 0 fully saturated rings. The Labute approximate surface area is 162 Å². The monoisotopic (exact) mass is 401 g/mol. The zero-order valence-corrected chi connectivity index (χ0v) is 15.7. The lowest BCUT2D eigenvalue weighted by Gasteiger charge is -2.01. The van der Waals surface area contributed by atoms with Crippen LogP contribution in [0.15, 0.2) is 59.8 Å². The van der Waals surface area contributed by atoms with Crippen LogP contribution in [0.1, 0.15) is 10.4 Å². The van der Waals surface area contributed by atoms with Crippen molar-refractivity contribution in [1.29, 1.82) is 0 Å². The van der Waals surface area contributed by atoms with Crippen LogP contribution in [0, 0.1) is 0 Å². The predicted molar refractivity (Wildman–Crippen MR) is 105 cm³/mol. The highest BCUT2D eigenvalue weighted by atomic mass is 35.5. The third-order valence-electron chi connectivity index (χ3n) is 3.49. The van der Waals surface area contributed by atoms with Crippen LogP contribution in [-0.4, -0.2) is 31.3 Å². The van der Waals surface area contributed by atoms with Gasteiger partial charge in [0.15, 0.2) is 5.78 Å². The first-order valence-corrected chi connectivity index (χ1v) is 9.83. The molecule has 2 aromatic heterocycles. The first-order valence-electron chi connectivity index (χ1n) is 7.65. The maximum Gasteiger partial charge on any atom is 0.237 e. The molecule has 4 aromatic rings. The van der Waals surface area contributed by atoms with Crippen LogP contribution in [0.4, 0.5) is 10.8 Å². The number of halogens is 1. The van der Waals surface area contributed by atoms with Crippen molar-refractivity contribution in [3.8, 4) is 0 Å². The van der Waals surface area contributed by atoms with E-state index in [0.717, 1.165) is 5.69 Å². The van der Waals surface area contributed by atoms with Crippen LogP contribution in [0.25, 0.3) is 4.96 Å². The molecule has 0 atom stereocenters. The molecule has 2 heterocycles. The van der Waals surface area contributed by atoms with Crippen molar-refractivity contribution in [1.82, 2.24) is 19.8 Å². The first-order chi connectivity index (χ1) is 12.7. The molecule has 9 heteroatoms. The van der Waals surface area contributed by atoms with E-state index < -0.39 is 0 Å². The second-order valence-electron chi connectivity index (χ2n) is 5.29. The van der Waals surface area contributed by atoms with Crippen molar-refractivity contribution < 1.29 is 4.79 Å². The minimum atomic E-state index is 0.00119. The lowest BCUT2D eigenvalue weighted by atomic mass is 10.1. The maximum absolute atomic E-state index is 12.3. The zero-order chi connectivity index (χ0) is 17.9. The highest BCUT2D eigenvalue weighted by Gasteiger charge is 2.14. The van der Waals surface area contributed by atoms with Gasteiger partial charge in [-0.1, -0.05) is 52.9 Å². The topological polar surface area (TPSA) is 72.2 Å². The summed E-state index contributed by atoms with van der Waals surface area (Å²) in [7, 11) is 0. The number of Topliss-reactive ketones (excluding diaryl/α,β-unsaturated/α-hetero) is 1. The maximum atomic E-state index is 12.3. The van der Waals surface area contributed by atoms with Gasteiger partial charge in [-0.25, -0.2) is 0 Å².